The molecule has 23 heavy (non-hydrogen) atoms. The molecule has 0 saturated carbocycles. The first kappa shape index (κ1) is 17.5. The predicted molar refractivity (Wildman–Crippen MR) is 92.4 cm³/mol. The van der Waals surface area contributed by atoms with Crippen LogP contribution in [0.2, 0.25) is 0 Å². The summed E-state index contributed by atoms with van der Waals surface area (Å²) in [5.41, 5.74) is 1.93. The van der Waals surface area contributed by atoms with Gasteiger partial charge in [0.1, 0.15) is 0 Å². The summed E-state index contributed by atoms with van der Waals surface area (Å²) in [7, 11) is 0. The lowest BCUT2D eigenvalue weighted by Gasteiger charge is -2.24. The monoisotopic (exact) mass is 317 g/mol. The van der Waals surface area contributed by atoms with E-state index in [9.17, 15) is 9.59 Å². The number of nitrogens with one attached hydrogen (secondary N) is 1. The smallest absolute Gasteiger partial charge is 0.238 e. The minimum Gasteiger partial charge on any atom is -0.341 e. The molecule has 5 nitrogen and oxygen atoms in total. The molecule has 0 unspecified atom stereocenters. The number of nitrogens with zero attached hydrogens (tertiary/aromatic N) is 2. The lowest BCUT2D eigenvalue weighted by Crippen LogP contribution is -2.40. The van der Waals surface area contributed by atoms with Gasteiger partial charge in [0.05, 0.1) is 6.54 Å². The average molecular weight is 317 g/mol. The molecule has 1 aromatic carbocycles. The largest absolute Gasteiger partial charge is 0.341 e. The molecule has 0 aliphatic carbocycles. The Balaban J connectivity index is 1.84. The number of carbonyl (C=O) groups excluding carboxylic acids is 2. The summed E-state index contributed by atoms with van der Waals surface area (Å²) in [6, 6.07) is 7.78. The minimum absolute atomic E-state index is 0.000462. The number of anilines is 1. The molecular weight excluding hydrogens is 290 g/mol. The fourth-order valence-corrected chi connectivity index (χ4v) is 2.89. The number of carbonyl (C=O) groups is 2. The van der Waals surface area contributed by atoms with Crippen LogP contribution in [0.3, 0.4) is 0 Å². The maximum Gasteiger partial charge on any atom is 0.238 e. The molecule has 0 bridgehead atoms. The molecule has 1 fully saturated rings. The van der Waals surface area contributed by atoms with E-state index in [1.54, 1.807) is 0 Å². The summed E-state index contributed by atoms with van der Waals surface area (Å²) in [6.07, 6.45) is 2.62. The van der Waals surface area contributed by atoms with Crippen LogP contribution in [0, 0.1) is 6.92 Å². The van der Waals surface area contributed by atoms with Gasteiger partial charge < -0.3 is 10.2 Å². The maximum atomic E-state index is 12.3. The van der Waals surface area contributed by atoms with Gasteiger partial charge in [-0.15, -0.1) is 0 Å². The van der Waals surface area contributed by atoms with E-state index in [1.165, 1.54) is 0 Å². The van der Waals surface area contributed by atoms with Crippen LogP contribution in [-0.4, -0.2) is 54.3 Å². The summed E-state index contributed by atoms with van der Waals surface area (Å²) in [4.78, 5) is 28.0. The van der Waals surface area contributed by atoms with Crippen LogP contribution in [0.25, 0.3) is 0 Å². The molecule has 1 N–H and O–H groups in total. The highest BCUT2D eigenvalue weighted by molar-refractivity contribution is 5.92. The fraction of sp³-hybridized carbons (Fsp3) is 0.556. The highest BCUT2D eigenvalue weighted by Gasteiger charge is 2.21. The van der Waals surface area contributed by atoms with Crippen LogP contribution in [0.5, 0.6) is 0 Å². The van der Waals surface area contributed by atoms with E-state index in [4.69, 9.17) is 0 Å². The third-order valence-electron chi connectivity index (χ3n) is 4.18. The molecule has 0 spiro atoms. The Labute approximate surface area is 138 Å². The highest BCUT2D eigenvalue weighted by Crippen LogP contribution is 2.13. The number of amides is 2. The van der Waals surface area contributed by atoms with Crippen LogP contribution in [-0.2, 0) is 9.59 Å². The van der Waals surface area contributed by atoms with Crippen molar-refractivity contribution >= 4 is 17.5 Å². The molecule has 1 aliphatic rings. The van der Waals surface area contributed by atoms with Gasteiger partial charge in [-0.2, -0.15) is 0 Å². The van der Waals surface area contributed by atoms with Gasteiger partial charge in [0, 0.05) is 31.7 Å². The second-order valence-corrected chi connectivity index (χ2v) is 6.12. The Bertz CT molecular complexity index is 545. The first-order valence-corrected chi connectivity index (χ1v) is 8.45. The molecular formula is C18H27N3O2. The van der Waals surface area contributed by atoms with Crippen molar-refractivity contribution in [2.24, 2.45) is 0 Å². The number of rotatable bonds is 8. The van der Waals surface area contributed by atoms with Crippen molar-refractivity contribution in [3.8, 4) is 0 Å². The van der Waals surface area contributed by atoms with E-state index >= 15 is 0 Å². The van der Waals surface area contributed by atoms with E-state index in [2.05, 4.69) is 17.1 Å². The molecule has 5 heteroatoms. The number of hydrogen-bond acceptors (Lipinski definition) is 3. The number of aryl methyl sites for hydroxylation is 1. The SMILES string of the molecule is CCCN(CCN1CCCC1=O)CC(=O)Nc1ccccc1C. The maximum absolute atomic E-state index is 12.3. The Kier molecular flexibility index (Phi) is 6.59. The summed E-state index contributed by atoms with van der Waals surface area (Å²) in [5.74, 6) is 0.242. The summed E-state index contributed by atoms with van der Waals surface area (Å²) in [5, 5.41) is 2.97. The Hall–Kier alpha value is -1.88. The molecule has 1 saturated heterocycles. The molecule has 0 radical (unpaired) electrons. The van der Waals surface area contributed by atoms with E-state index in [-0.39, 0.29) is 11.8 Å². The second kappa shape index (κ2) is 8.67. The van der Waals surface area contributed by atoms with Gasteiger partial charge in [0.25, 0.3) is 0 Å². The third kappa shape index (κ3) is 5.36. The van der Waals surface area contributed by atoms with E-state index < -0.39 is 0 Å². The summed E-state index contributed by atoms with van der Waals surface area (Å²) < 4.78 is 0. The van der Waals surface area contributed by atoms with Crippen LogP contribution >= 0.6 is 0 Å². The normalized spacial score (nSPS) is 14.6. The zero-order valence-electron chi connectivity index (χ0n) is 14.2. The molecule has 0 atom stereocenters. The zero-order chi connectivity index (χ0) is 16.7. The Morgan fingerprint density at radius 2 is 2.09 bits per heavy atom. The average Bonchev–Trinajstić information content (AvgIpc) is 2.93. The number of likely N-dealkylation sites (tertiary alicyclic amines) is 1. The first-order chi connectivity index (χ1) is 11.1. The van der Waals surface area contributed by atoms with Crippen LogP contribution in [0.1, 0.15) is 31.7 Å². The van der Waals surface area contributed by atoms with Gasteiger partial charge in [0.2, 0.25) is 11.8 Å². The molecule has 0 aromatic heterocycles. The van der Waals surface area contributed by atoms with Crippen LogP contribution < -0.4 is 5.32 Å². The van der Waals surface area contributed by atoms with Gasteiger partial charge in [-0.3, -0.25) is 14.5 Å². The summed E-state index contributed by atoms with van der Waals surface area (Å²) >= 11 is 0. The highest BCUT2D eigenvalue weighted by atomic mass is 16.2. The van der Waals surface area contributed by atoms with Crippen molar-refractivity contribution in [2.75, 3.05) is 38.0 Å². The van der Waals surface area contributed by atoms with Crippen molar-refractivity contribution in [1.82, 2.24) is 9.80 Å². The standard InChI is InChI=1S/C18H27N3O2/c1-3-10-20(12-13-21-11-6-9-18(21)23)14-17(22)19-16-8-5-4-7-15(16)2/h4-5,7-8H,3,6,9-14H2,1-2H3,(H,19,22). The molecule has 126 valence electrons. The fourth-order valence-electron chi connectivity index (χ4n) is 2.89. The third-order valence-corrected chi connectivity index (χ3v) is 4.18. The minimum atomic E-state index is 0.000462. The van der Waals surface area contributed by atoms with E-state index in [0.717, 1.165) is 50.3 Å². The molecule has 1 heterocycles. The van der Waals surface area contributed by atoms with Gasteiger partial charge in [-0.1, -0.05) is 25.1 Å². The van der Waals surface area contributed by atoms with Crippen molar-refractivity contribution in [2.45, 2.75) is 33.1 Å². The van der Waals surface area contributed by atoms with Gasteiger partial charge in [-0.25, -0.2) is 0 Å². The Morgan fingerprint density at radius 1 is 1.30 bits per heavy atom. The zero-order valence-corrected chi connectivity index (χ0v) is 14.2. The summed E-state index contributed by atoms with van der Waals surface area (Å²) in [6.45, 7) is 7.64. The number of benzene rings is 1. The number of hydrogen-bond donors (Lipinski definition) is 1. The van der Waals surface area contributed by atoms with E-state index in [1.807, 2.05) is 36.1 Å². The van der Waals surface area contributed by atoms with Gasteiger partial charge in [-0.05, 0) is 37.9 Å². The molecule has 2 amide bonds. The van der Waals surface area contributed by atoms with Crippen molar-refractivity contribution in [3.05, 3.63) is 29.8 Å². The van der Waals surface area contributed by atoms with Crippen LogP contribution in [0.4, 0.5) is 5.69 Å². The Morgan fingerprint density at radius 3 is 2.74 bits per heavy atom. The number of para-hydroxylation sites is 1. The molecule has 2 rings (SSSR count). The topological polar surface area (TPSA) is 52.7 Å². The quantitative estimate of drug-likeness (QED) is 0.800. The van der Waals surface area contributed by atoms with Crippen LogP contribution in [0.15, 0.2) is 24.3 Å². The van der Waals surface area contributed by atoms with Crippen molar-refractivity contribution in [3.63, 3.8) is 0 Å². The second-order valence-electron chi connectivity index (χ2n) is 6.12. The lowest BCUT2D eigenvalue weighted by molar-refractivity contribution is -0.127. The van der Waals surface area contributed by atoms with E-state index in [0.29, 0.717) is 13.0 Å². The predicted octanol–water partition coefficient (Wildman–Crippen LogP) is 2.27. The first-order valence-electron chi connectivity index (χ1n) is 8.45. The van der Waals surface area contributed by atoms with Crippen molar-refractivity contribution < 1.29 is 9.59 Å². The molecule has 1 aromatic rings. The van der Waals surface area contributed by atoms with Gasteiger partial charge >= 0.3 is 0 Å². The van der Waals surface area contributed by atoms with Gasteiger partial charge in [0.15, 0.2) is 0 Å². The van der Waals surface area contributed by atoms with Crippen molar-refractivity contribution in [1.29, 1.82) is 0 Å². The molecule has 1 aliphatic heterocycles. The lowest BCUT2D eigenvalue weighted by atomic mass is 10.2.